The second-order valence-electron chi connectivity index (χ2n) is 1.20. The van der Waals surface area contributed by atoms with Crippen molar-refractivity contribution >= 4 is 0 Å². The van der Waals surface area contributed by atoms with Crippen LogP contribution in [0.5, 0.6) is 0 Å². The second kappa shape index (κ2) is 3.78. The zero-order chi connectivity index (χ0) is 5.70. The Morgan fingerprint density at radius 1 is 1.57 bits per heavy atom. The summed E-state index contributed by atoms with van der Waals surface area (Å²) in [7, 11) is 0. The van der Waals surface area contributed by atoms with E-state index in [1.54, 1.807) is 0 Å². The molecule has 0 amide bonds. The fraction of sp³-hybridized carbons (Fsp3) is 0.600. The largest absolute Gasteiger partial charge is 0.238 e. The molecule has 0 aromatic heterocycles. The van der Waals surface area contributed by atoms with Crippen LogP contribution in [0.3, 0.4) is 0 Å². The summed E-state index contributed by atoms with van der Waals surface area (Å²) in [6.45, 7) is 4.82. The molecule has 0 fully saturated rings. The van der Waals surface area contributed by atoms with E-state index in [4.69, 9.17) is 6.58 Å². The highest BCUT2D eigenvalue weighted by atomic mass is 19.3. The monoisotopic (exact) mass is 105 g/mol. The van der Waals surface area contributed by atoms with Crippen molar-refractivity contribution in [2.45, 2.75) is 19.3 Å². The lowest BCUT2D eigenvalue weighted by Crippen LogP contribution is -1.85. The first kappa shape index (κ1) is 6.60. The molecule has 0 N–H and O–H groups in total. The van der Waals surface area contributed by atoms with Gasteiger partial charge in [0, 0.05) is 6.42 Å². The number of hydrogen-bond donors (Lipinski definition) is 0. The predicted octanol–water partition coefficient (Wildman–Crippen LogP) is 2.02. The van der Waals surface area contributed by atoms with Crippen molar-refractivity contribution in [2.24, 2.45) is 0 Å². The van der Waals surface area contributed by atoms with Gasteiger partial charge in [0.05, 0.1) is 0 Å². The van der Waals surface area contributed by atoms with Gasteiger partial charge in [-0.2, -0.15) is 0 Å². The van der Waals surface area contributed by atoms with E-state index in [1.165, 1.54) is 6.08 Å². The molecule has 7 heavy (non-hydrogen) atoms. The first-order valence-electron chi connectivity index (χ1n) is 2.09. The van der Waals surface area contributed by atoms with Crippen LogP contribution in [0.25, 0.3) is 0 Å². The molecule has 0 heterocycles. The second-order valence-corrected chi connectivity index (χ2v) is 1.20. The maximum absolute atomic E-state index is 11.1. The van der Waals surface area contributed by atoms with E-state index in [-0.39, 0.29) is 6.42 Å². The van der Waals surface area contributed by atoms with Gasteiger partial charge in [-0.05, 0) is 6.42 Å². The highest BCUT2D eigenvalue weighted by Gasteiger charge is 1.96. The molecule has 0 aliphatic carbocycles. The van der Waals surface area contributed by atoms with E-state index < -0.39 is 6.43 Å². The Kier molecular flexibility index (Phi) is 3.56. The third-order valence-electron chi connectivity index (χ3n) is 0.552. The minimum absolute atomic E-state index is 0.115. The van der Waals surface area contributed by atoms with Gasteiger partial charge in [-0.3, -0.25) is 0 Å². The van der Waals surface area contributed by atoms with Gasteiger partial charge < -0.3 is 0 Å². The molecule has 0 aromatic rings. The molecule has 0 saturated heterocycles. The Bertz CT molecular complexity index is 50.0. The zero-order valence-electron chi connectivity index (χ0n) is 3.90. The van der Waals surface area contributed by atoms with Crippen LogP contribution in [-0.2, 0) is 0 Å². The molecule has 41 valence electrons. The predicted molar refractivity (Wildman–Crippen MR) is 24.1 cm³/mol. The lowest BCUT2D eigenvalue weighted by molar-refractivity contribution is 0.139. The summed E-state index contributed by atoms with van der Waals surface area (Å²) in [4.78, 5) is 0. The SMILES string of the molecule is [CH]=CCCC(F)F. The van der Waals surface area contributed by atoms with Gasteiger partial charge in [0.1, 0.15) is 0 Å². The van der Waals surface area contributed by atoms with Crippen molar-refractivity contribution in [1.82, 2.24) is 0 Å². The molecule has 0 bridgehead atoms. The van der Waals surface area contributed by atoms with Crippen LogP contribution in [0.4, 0.5) is 8.78 Å². The van der Waals surface area contributed by atoms with Gasteiger partial charge in [0.25, 0.3) is 0 Å². The van der Waals surface area contributed by atoms with E-state index >= 15 is 0 Å². The van der Waals surface area contributed by atoms with E-state index in [2.05, 4.69) is 0 Å². The Labute approximate surface area is 41.8 Å². The molecule has 0 aromatic carbocycles. The highest BCUT2D eigenvalue weighted by Crippen LogP contribution is 2.01. The first-order chi connectivity index (χ1) is 3.27. The standard InChI is InChI=1S/C5H7F2/c1-2-3-4-5(6)7/h1-2,5H,3-4H2. The number of alkyl halides is 2. The molecule has 1 radical (unpaired) electrons. The first-order valence-corrected chi connectivity index (χ1v) is 2.09. The van der Waals surface area contributed by atoms with Gasteiger partial charge in [0.15, 0.2) is 0 Å². The Balaban J connectivity index is 2.81. The van der Waals surface area contributed by atoms with Crippen LogP contribution in [0.15, 0.2) is 6.08 Å². The highest BCUT2D eigenvalue weighted by molar-refractivity contribution is 4.61. The summed E-state index contributed by atoms with van der Waals surface area (Å²) in [6, 6.07) is 0. The topological polar surface area (TPSA) is 0 Å². The van der Waals surface area contributed by atoms with Crippen LogP contribution in [0, 0.1) is 6.58 Å². The molecule has 2 heteroatoms. The fourth-order valence-corrected chi connectivity index (χ4v) is 0.222. The molecule has 0 rings (SSSR count). The van der Waals surface area contributed by atoms with E-state index in [9.17, 15) is 8.78 Å². The van der Waals surface area contributed by atoms with E-state index in [0.29, 0.717) is 6.42 Å². The van der Waals surface area contributed by atoms with Crippen LogP contribution in [0.2, 0.25) is 0 Å². The van der Waals surface area contributed by atoms with Crippen molar-refractivity contribution < 1.29 is 8.78 Å². The summed E-state index contributed by atoms with van der Waals surface area (Å²) in [5, 5.41) is 0. The molecule has 0 unspecified atom stereocenters. The Hall–Kier alpha value is -0.400. The van der Waals surface area contributed by atoms with Gasteiger partial charge >= 0.3 is 0 Å². The minimum Gasteiger partial charge on any atom is -0.211 e. The molecule has 0 saturated carbocycles. The van der Waals surface area contributed by atoms with Crippen molar-refractivity contribution in [1.29, 1.82) is 0 Å². The van der Waals surface area contributed by atoms with Crippen LogP contribution >= 0.6 is 0 Å². The summed E-state index contributed by atoms with van der Waals surface area (Å²) >= 11 is 0. The normalized spacial score (nSPS) is 9.57. The summed E-state index contributed by atoms with van der Waals surface area (Å²) in [5.41, 5.74) is 0. The lowest BCUT2D eigenvalue weighted by atomic mass is 10.3. The van der Waals surface area contributed by atoms with Crippen molar-refractivity contribution in [3.8, 4) is 0 Å². The maximum atomic E-state index is 11.1. The molecule has 0 aliphatic rings. The van der Waals surface area contributed by atoms with E-state index in [0.717, 1.165) is 0 Å². The number of halogens is 2. The van der Waals surface area contributed by atoms with Gasteiger partial charge in [-0.1, -0.05) is 12.7 Å². The van der Waals surface area contributed by atoms with Gasteiger partial charge in [-0.25, -0.2) is 8.78 Å². The molecule has 0 spiro atoms. The number of allylic oxidation sites excluding steroid dienone is 1. The number of hydrogen-bond acceptors (Lipinski definition) is 0. The van der Waals surface area contributed by atoms with Gasteiger partial charge in [0.2, 0.25) is 6.43 Å². The minimum atomic E-state index is -2.21. The lowest BCUT2D eigenvalue weighted by Gasteiger charge is -1.89. The molecule has 0 aliphatic heterocycles. The average molecular weight is 105 g/mol. The third kappa shape index (κ3) is 5.60. The van der Waals surface area contributed by atoms with Crippen molar-refractivity contribution in [3.05, 3.63) is 12.7 Å². The van der Waals surface area contributed by atoms with Crippen molar-refractivity contribution in [3.63, 3.8) is 0 Å². The van der Waals surface area contributed by atoms with Crippen LogP contribution < -0.4 is 0 Å². The van der Waals surface area contributed by atoms with Crippen LogP contribution in [0.1, 0.15) is 12.8 Å². The summed E-state index contributed by atoms with van der Waals surface area (Å²) in [5.74, 6) is 0. The third-order valence-corrected chi connectivity index (χ3v) is 0.552. The fourth-order valence-electron chi connectivity index (χ4n) is 0.222. The molecular weight excluding hydrogens is 98.1 g/mol. The van der Waals surface area contributed by atoms with E-state index in [1.807, 2.05) is 0 Å². The zero-order valence-corrected chi connectivity index (χ0v) is 3.90. The van der Waals surface area contributed by atoms with Gasteiger partial charge in [-0.15, -0.1) is 0 Å². The summed E-state index contributed by atoms with van der Waals surface area (Å²) < 4.78 is 22.3. The molecular formula is C5H7F2. The molecule has 0 atom stereocenters. The number of rotatable bonds is 3. The average Bonchev–Trinajstić information content (AvgIpc) is 1.61. The van der Waals surface area contributed by atoms with Crippen molar-refractivity contribution in [2.75, 3.05) is 0 Å². The summed E-state index contributed by atoms with van der Waals surface area (Å²) in [6.07, 6.45) is -0.778. The molecule has 0 nitrogen and oxygen atoms in total. The Morgan fingerprint density at radius 3 is 2.29 bits per heavy atom. The van der Waals surface area contributed by atoms with Crippen LogP contribution in [-0.4, -0.2) is 6.43 Å². The Morgan fingerprint density at radius 2 is 2.14 bits per heavy atom. The quantitative estimate of drug-likeness (QED) is 0.515. The maximum Gasteiger partial charge on any atom is 0.238 e. The smallest absolute Gasteiger partial charge is 0.211 e.